The summed E-state index contributed by atoms with van der Waals surface area (Å²) in [5, 5.41) is 11.5. The van der Waals surface area contributed by atoms with Gasteiger partial charge < -0.3 is 20.1 Å². The standard InChI is InChI=1S/C13H26N2O4/c1-5-10(6-2)15(8-9-19-4)13(18)14-11(7-3)12(16)17/h10-11H,5-9H2,1-4H3,(H,14,18)(H,16,17)/t11-/m1/s1. The van der Waals surface area contributed by atoms with Gasteiger partial charge in [0.2, 0.25) is 0 Å². The third-order valence-corrected chi connectivity index (χ3v) is 3.18. The van der Waals surface area contributed by atoms with Crippen molar-refractivity contribution in [2.45, 2.75) is 52.1 Å². The molecule has 0 fully saturated rings. The first-order valence-corrected chi connectivity index (χ1v) is 6.80. The second kappa shape index (κ2) is 9.61. The van der Waals surface area contributed by atoms with Crippen LogP contribution in [0.3, 0.4) is 0 Å². The van der Waals surface area contributed by atoms with Crippen molar-refractivity contribution in [3.63, 3.8) is 0 Å². The van der Waals surface area contributed by atoms with E-state index < -0.39 is 12.0 Å². The highest BCUT2D eigenvalue weighted by atomic mass is 16.5. The van der Waals surface area contributed by atoms with Gasteiger partial charge in [0.05, 0.1) is 6.61 Å². The van der Waals surface area contributed by atoms with Crippen LogP contribution in [-0.2, 0) is 9.53 Å². The zero-order valence-corrected chi connectivity index (χ0v) is 12.3. The number of amides is 2. The fraction of sp³-hybridized carbons (Fsp3) is 0.846. The fourth-order valence-corrected chi connectivity index (χ4v) is 1.94. The lowest BCUT2D eigenvalue weighted by molar-refractivity contribution is -0.139. The van der Waals surface area contributed by atoms with E-state index in [0.717, 1.165) is 12.8 Å². The summed E-state index contributed by atoms with van der Waals surface area (Å²) in [5.74, 6) is -1.01. The van der Waals surface area contributed by atoms with E-state index >= 15 is 0 Å². The first kappa shape index (κ1) is 17.7. The second-order valence-electron chi connectivity index (χ2n) is 4.41. The number of nitrogens with zero attached hydrogens (tertiary/aromatic N) is 1. The maximum Gasteiger partial charge on any atom is 0.326 e. The number of rotatable bonds is 9. The van der Waals surface area contributed by atoms with Crippen LogP contribution >= 0.6 is 0 Å². The van der Waals surface area contributed by atoms with Crippen molar-refractivity contribution in [2.24, 2.45) is 0 Å². The van der Waals surface area contributed by atoms with E-state index in [9.17, 15) is 9.59 Å². The molecule has 6 nitrogen and oxygen atoms in total. The Morgan fingerprint density at radius 1 is 1.21 bits per heavy atom. The van der Waals surface area contributed by atoms with Crippen LogP contribution in [0.15, 0.2) is 0 Å². The smallest absolute Gasteiger partial charge is 0.326 e. The molecule has 0 spiro atoms. The lowest BCUT2D eigenvalue weighted by atomic mass is 10.1. The first-order chi connectivity index (χ1) is 9.01. The minimum absolute atomic E-state index is 0.0986. The third kappa shape index (κ3) is 5.92. The monoisotopic (exact) mass is 274 g/mol. The lowest BCUT2D eigenvalue weighted by Gasteiger charge is -2.31. The number of hydrogen-bond acceptors (Lipinski definition) is 3. The topological polar surface area (TPSA) is 78.9 Å². The van der Waals surface area contributed by atoms with Crippen molar-refractivity contribution in [3.8, 4) is 0 Å². The molecule has 0 saturated carbocycles. The number of urea groups is 1. The van der Waals surface area contributed by atoms with Crippen molar-refractivity contribution in [3.05, 3.63) is 0 Å². The van der Waals surface area contributed by atoms with Crippen LogP contribution in [0.1, 0.15) is 40.0 Å². The average molecular weight is 274 g/mol. The molecule has 19 heavy (non-hydrogen) atoms. The Bertz CT molecular complexity index is 280. The molecular formula is C13H26N2O4. The minimum Gasteiger partial charge on any atom is -0.480 e. The van der Waals surface area contributed by atoms with Gasteiger partial charge in [0, 0.05) is 19.7 Å². The average Bonchev–Trinajstić information content (AvgIpc) is 2.40. The predicted molar refractivity (Wildman–Crippen MR) is 73.2 cm³/mol. The summed E-state index contributed by atoms with van der Waals surface area (Å²) >= 11 is 0. The highest BCUT2D eigenvalue weighted by Gasteiger charge is 2.25. The molecule has 0 aromatic rings. The highest BCUT2D eigenvalue weighted by Crippen LogP contribution is 2.09. The van der Waals surface area contributed by atoms with Gasteiger partial charge in [-0.05, 0) is 19.3 Å². The number of carboxylic acid groups (broad SMARTS) is 1. The van der Waals surface area contributed by atoms with E-state index in [1.165, 1.54) is 0 Å². The van der Waals surface area contributed by atoms with Gasteiger partial charge in [-0.15, -0.1) is 0 Å². The van der Waals surface area contributed by atoms with Crippen molar-refractivity contribution in [2.75, 3.05) is 20.3 Å². The molecule has 0 aliphatic carbocycles. The number of carbonyl (C=O) groups is 2. The Labute approximate surface area is 115 Å². The SMILES string of the molecule is CCC(CC)N(CCOC)C(=O)N[C@H](CC)C(=O)O. The minimum atomic E-state index is -1.01. The summed E-state index contributed by atoms with van der Waals surface area (Å²) in [6, 6.07) is -1.08. The maximum absolute atomic E-state index is 12.2. The summed E-state index contributed by atoms with van der Waals surface area (Å²) in [6.07, 6.45) is 2.02. The quantitative estimate of drug-likeness (QED) is 0.670. The fourth-order valence-electron chi connectivity index (χ4n) is 1.94. The number of carbonyl (C=O) groups excluding carboxylic acids is 1. The molecule has 0 rings (SSSR count). The van der Waals surface area contributed by atoms with E-state index in [0.29, 0.717) is 19.6 Å². The van der Waals surface area contributed by atoms with Crippen LogP contribution in [0.25, 0.3) is 0 Å². The molecule has 0 aromatic carbocycles. The number of nitrogens with one attached hydrogen (secondary N) is 1. The van der Waals surface area contributed by atoms with E-state index in [1.807, 2.05) is 13.8 Å². The number of aliphatic carboxylic acids is 1. The molecule has 2 N–H and O–H groups in total. The number of carboxylic acids is 1. The van der Waals surface area contributed by atoms with Crippen LogP contribution in [0.2, 0.25) is 0 Å². The second-order valence-corrected chi connectivity index (χ2v) is 4.41. The van der Waals surface area contributed by atoms with Crippen molar-refractivity contribution < 1.29 is 19.4 Å². The van der Waals surface area contributed by atoms with Crippen LogP contribution in [0.4, 0.5) is 4.79 Å². The summed E-state index contributed by atoms with van der Waals surface area (Å²) < 4.78 is 5.00. The molecule has 0 radical (unpaired) electrons. The molecule has 0 heterocycles. The van der Waals surface area contributed by atoms with Crippen molar-refractivity contribution in [1.29, 1.82) is 0 Å². The molecule has 6 heteroatoms. The Kier molecular flexibility index (Phi) is 8.95. The maximum atomic E-state index is 12.2. The van der Waals surface area contributed by atoms with Gasteiger partial charge in [0.25, 0.3) is 0 Å². The number of ether oxygens (including phenoxy) is 1. The van der Waals surface area contributed by atoms with Gasteiger partial charge in [-0.2, -0.15) is 0 Å². The summed E-state index contributed by atoms with van der Waals surface area (Å²) in [5.41, 5.74) is 0. The van der Waals surface area contributed by atoms with Crippen LogP contribution in [-0.4, -0.2) is 54.4 Å². The van der Waals surface area contributed by atoms with E-state index in [1.54, 1.807) is 18.9 Å². The largest absolute Gasteiger partial charge is 0.480 e. The molecule has 0 aromatic heterocycles. The van der Waals surface area contributed by atoms with Gasteiger partial charge in [0.15, 0.2) is 0 Å². The normalized spacial score (nSPS) is 12.3. The molecule has 2 amide bonds. The lowest BCUT2D eigenvalue weighted by Crippen LogP contribution is -2.52. The first-order valence-electron chi connectivity index (χ1n) is 6.80. The molecular weight excluding hydrogens is 248 g/mol. The Morgan fingerprint density at radius 2 is 1.79 bits per heavy atom. The van der Waals surface area contributed by atoms with E-state index in [4.69, 9.17) is 9.84 Å². The van der Waals surface area contributed by atoms with E-state index in [2.05, 4.69) is 5.32 Å². The van der Waals surface area contributed by atoms with Gasteiger partial charge in [-0.25, -0.2) is 9.59 Å². The summed E-state index contributed by atoms with van der Waals surface area (Å²) in [4.78, 5) is 24.8. The number of hydrogen-bond donors (Lipinski definition) is 2. The Morgan fingerprint density at radius 3 is 2.16 bits per heavy atom. The third-order valence-electron chi connectivity index (χ3n) is 3.18. The zero-order chi connectivity index (χ0) is 14.8. The van der Waals surface area contributed by atoms with Gasteiger partial charge in [-0.3, -0.25) is 0 Å². The predicted octanol–water partition coefficient (Wildman–Crippen LogP) is 1.70. The van der Waals surface area contributed by atoms with Gasteiger partial charge >= 0.3 is 12.0 Å². The van der Waals surface area contributed by atoms with Crippen LogP contribution < -0.4 is 5.32 Å². The highest BCUT2D eigenvalue weighted by molar-refractivity contribution is 5.82. The Hall–Kier alpha value is -1.30. The Balaban J connectivity index is 4.73. The van der Waals surface area contributed by atoms with Crippen LogP contribution in [0.5, 0.6) is 0 Å². The molecule has 0 bridgehead atoms. The molecule has 0 unspecified atom stereocenters. The summed E-state index contributed by atoms with van der Waals surface area (Å²) in [6.45, 7) is 6.65. The van der Waals surface area contributed by atoms with Gasteiger partial charge in [-0.1, -0.05) is 20.8 Å². The van der Waals surface area contributed by atoms with Crippen molar-refractivity contribution >= 4 is 12.0 Å². The summed E-state index contributed by atoms with van der Waals surface area (Å²) in [7, 11) is 1.58. The van der Waals surface area contributed by atoms with Crippen LogP contribution in [0, 0.1) is 0 Å². The molecule has 0 aliphatic heterocycles. The molecule has 0 aliphatic rings. The number of methoxy groups -OCH3 is 1. The van der Waals surface area contributed by atoms with Gasteiger partial charge in [0.1, 0.15) is 6.04 Å². The van der Waals surface area contributed by atoms with E-state index in [-0.39, 0.29) is 12.1 Å². The molecule has 0 saturated heterocycles. The molecule has 1 atom stereocenters. The van der Waals surface area contributed by atoms with Crippen molar-refractivity contribution in [1.82, 2.24) is 10.2 Å². The molecule has 112 valence electrons. The zero-order valence-electron chi connectivity index (χ0n) is 12.3.